The van der Waals surface area contributed by atoms with Crippen LogP contribution < -0.4 is 15.0 Å². The molecule has 2 aromatic carbocycles. The number of carbonyl (C=O) groups excluding carboxylic acids is 2. The molecular formula is C21H20ClF3N2O3. The molecule has 1 aliphatic rings. The first kappa shape index (κ1) is 22.0. The monoisotopic (exact) mass is 440 g/mol. The number of ether oxygens (including phenoxy) is 1. The Bertz CT molecular complexity index is 932. The Kier molecular flexibility index (Phi) is 6.55. The Labute approximate surface area is 176 Å². The molecule has 1 aliphatic heterocycles. The van der Waals surface area contributed by atoms with Crippen LogP contribution >= 0.6 is 11.6 Å². The van der Waals surface area contributed by atoms with Gasteiger partial charge in [-0.3, -0.25) is 9.59 Å². The molecule has 0 radical (unpaired) electrons. The smallest absolute Gasteiger partial charge is 0.416 e. The Morgan fingerprint density at radius 3 is 2.57 bits per heavy atom. The van der Waals surface area contributed by atoms with E-state index in [0.29, 0.717) is 18.0 Å². The molecule has 2 amide bonds. The number of hydrogen-bond donors (Lipinski definition) is 1. The lowest BCUT2D eigenvalue weighted by molar-refractivity contribution is -0.137. The average molecular weight is 441 g/mol. The highest BCUT2D eigenvalue weighted by Crippen LogP contribution is 2.34. The van der Waals surface area contributed by atoms with E-state index in [4.69, 9.17) is 16.3 Å². The largest absolute Gasteiger partial charge is 0.494 e. The van der Waals surface area contributed by atoms with Gasteiger partial charge in [-0.25, -0.2) is 0 Å². The number of benzene rings is 2. The summed E-state index contributed by atoms with van der Waals surface area (Å²) in [5.74, 6) is -0.831. The lowest BCUT2D eigenvalue weighted by Gasteiger charge is -2.18. The maximum absolute atomic E-state index is 12.9. The second-order valence-electron chi connectivity index (χ2n) is 6.93. The van der Waals surface area contributed by atoms with Gasteiger partial charge in [0.1, 0.15) is 5.75 Å². The molecule has 5 nitrogen and oxygen atoms in total. The molecular weight excluding hydrogens is 421 g/mol. The van der Waals surface area contributed by atoms with E-state index in [1.54, 1.807) is 24.3 Å². The van der Waals surface area contributed by atoms with Crippen molar-refractivity contribution in [2.75, 3.05) is 23.4 Å². The van der Waals surface area contributed by atoms with Gasteiger partial charge in [0, 0.05) is 18.7 Å². The standard InChI is InChI=1S/C21H20ClF3N2O3/c1-2-9-30-16-6-4-15(5-7-16)27-12-13(10-19(27)28)20(29)26-18-11-14(21(23,24)25)3-8-17(18)22/h3-8,11,13H,2,9-10,12H2,1H3,(H,26,29)/t13-/m1/s1. The molecule has 160 valence electrons. The summed E-state index contributed by atoms with van der Waals surface area (Å²) >= 11 is 5.93. The Morgan fingerprint density at radius 1 is 1.23 bits per heavy atom. The molecule has 1 saturated heterocycles. The van der Waals surface area contributed by atoms with Crippen molar-refractivity contribution in [2.45, 2.75) is 25.9 Å². The fourth-order valence-electron chi connectivity index (χ4n) is 3.11. The van der Waals surface area contributed by atoms with E-state index in [9.17, 15) is 22.8 Å². The second-order valence-corrected chi connectivity index (χ2v) is 7.34. The second kappa shape index (κ2) is 8.95. The van der Waals surface area contributed by atoms with E-state index in [2.05, 4.69) is 5.32 Å². The first-order chi connectivity index (χ1) is 14.2. The van der Waals surface area contributed by atoms with Crippen LogP contribution in [0.2, 0.25) is 5.02 Å². The van der Waals surface area contributed by atoms with Crippen LogP contribution in [0, 0.1) is 5.92 Å². The zero-order valence-corrected chi connectivity index (χ0v) is 16.9. The summed E-state index contributed by atoms with van der Waals surface area (Å²) in [6.07, 6.45) is -3.73. The van der Waals surface area contributed by atoms with Crippen molar-refractivity contribution in [3.63, 3.8) is 0 Å². The molecule has 0 bridgehead atoms. The highest BCUT2D eigenvalue weighted by Gasteiger charge is 2.36. The van der Waals surface area contributed by atoms with Crippen molar-refractivity contribution in [3.05, 3.63) is 53.1 Å². The minimum atomic E-state index is -4.56. The number of nitrogens with one attached hydrogen (secondary N) is 1. The molecule has 1 N–H and O–H groups in total. The Hall–Kier alpha value is -2.74. The lowest BCUT2D eigenvalue weighted by atomic mass is 10.1. The van der Waals surface area contributed by atoms with Crippen molar-refractivity contribution < 1.29 is 27.5 Å². The van der Waals surface area contributed by atoms with Crippen molar-refractivity contribution in [1.29, 1.82) is 0 Å². The molecule has 0 aliphatic carbocycles. The van der Waals surface area contributed by atoms with Crippen LogP contribution in [0.3, 0.4) is 0 Å². The number of carbonyl (C=O) groups is 2. The molecule has 0 spiro atoms. The number of anilines is 2. The molecule has 1 fully saturated rings. The number of hydrogen-bond acceptors (Lipinski definition) is 3. The van der Waals surface area contributed by atoms with E-state index in [-0.39, 0.29) is 29.6 Å². The highest BCUT2D eigenvalue weighted by atomic mass is 35.5. The van der Waals surface area contributed by atoms with Gasteiger partial charge in [-0.1, -0.05) is 18.5 Å². The van der Waals surface area contributed by atoms with Crippen LogP contribution in [0.1, 0.15) is 25.3 Å². The Morgan fingerprint density at radius 2 is 1.93 bits per heavy atom. The predicted molar refractivity (Wildman–Crippen MR) is 108 cm³/mol. The third kappa shape index (κ3) is 5.05. The third-order valence-corrected chi connectivity index (χ3v) is 5.00. The summed E-state index contributed by atoms with van der Waals surface area (Å²) in [5.41, 5.74) is -0.437. The van der Waals surface area contributed by atoms with Gasteiger partial charge in [0.25, 0.3) is 0 Å². The zero-order chi connectivity index (χ0) is 21.9. The molecule has 30 heavy (non-hydrogen) atoms. The first-order valence-corrected chi connectivity index (χ1v) is 9.77. The van der Waals surface area contributed by atoms with Crippen LogP contribution in [-0.2, 0) is 15.8 Å². The van der Waals surface area contributed by atoms with E-state index >= 15 is 0 Å². The van der Waals surface area contributed by atoms with E-state index in [1.807, 2.05) is 6.92 Å². The van der Waals surface area contributed by atoms with Crippen molar-refractivity contribution >= 4 is 34.8 Å². The van der Waals surface area contributed by atoms with Gasteiger partial charge in [0.15, 0.2) is 0 Å². The fraction of sp³-hybridized carbons (Fsp3) is 0.333. The van der Waals surface area contributed by atoms with Crippen LogP contribution in [-0.4, -0.2) is 25.0 Å². The molecule has 0 aromatic heterocycles. The van der Waals surface area contributed by atoms with Crippen molar-refractivity contribution in [3.8, 4) is 5.75 Å². The molecule has 1 heterocycles. The third-order valence-electron chi connectivity index (χ3n) is 4.67. The van der Waals surface area contributed by atoms with Crippen molar-refractivity contribution in [2.24, 2.45) is 5.92 Å². The summed E-state index contributed by atoms with van der Waals surface area (Å²) in [4.78, 5) is 26.4. The number of nitrogens with zero attached hydrogens (tertiary/aromatic N) is 1. The minimum absolute atomic E-state index is 0.0137. The molecule has 1 atom stereocenters. The van der Waals surface area contributed by atoms with E-state index in [1.165, 1.54) is 4.90 Å². The summed E-state index contributed by atoms with van der Waals surface area (Å²) in [6, 6.07) is 9.65. The van der Waals surface area contributed by atoms with Gasteiger partial charge in [0.05, 0.1) is 28.8 Å². The maximum atomic E-state index is 12.9. The number of alkyl halides is 3. The van der Waals surface area contributed by atoms with Gasteiger partial charge in [-0.2, -0.15) is 13.2 Å². The topological polar surface area (TPSA) is 58.6 Å². The van der Waals surface area contributed by atoms with Gasteiger partial charge < -0.3 is 15.0 Å². The first-order valence-electron chi connectivity index (χ1n) is 9.40. The maximum Gasteiger partial charge on any atom is 0.416 e. The molecule has 3 rings (SSSR count). The SMILES string of the molecule is CCCOc1ccc(N2C[C@H](C(=O)Nc3cc(C(F)(F)F)ccc3Cl)CC2=O)cc1. The van der Waals surface area contributed by atoms with Gasteiger partial charge in [0.2, 0.25) is 11.8 Å². The van der Waals surface area contributed by atoms with Crippen LogP contribution in [0.25, 0.3) is 0 Å². The van der Waals surface area contributed by atoms with Gasteiger partial charge >= 0.3 is 6.18 Å². The van der Waals surface area contributed by atoms with Crippen molar-refractivity contribution in [1.82, 2.24) is 0 Å². The summed E-state index contributed by atoms with van der Waals surface area (Å²) in [6.45, 7) is 2.70. The molecule has 2 aromatic rings. The minimum Gasteiger partial charge on any atom is -0.494 e. The molecule has 9 heteroatoms. The summed E-state index contributed by atoms with van der Waals surface area (Å²) in [5, 5.41) is 2.41. The van der Waals surface area contributed by atoms with Crippen LogP contribution in [0.4, 0.5) is 24.5 Å². The van der Waals surface area contributed by atoms with Gasteiger partial charge in [-0.05, 0) is 48.9 Å². The number of halogens is 4. The summed E-state index contributed by atoms with van der Waals surface area (Å²) in [7, 11) is 0. The van der Waals surface area contributed by atoms with Crippen LogP contribution in [0.5, 0.6) is 5.75 Å². The fourth-order valence-corrected chi connectivity index (χ4v) is 3.27. The Balaban J connectivity index is 1.68. The average Bonchev–Trinajstić information content (AvgIpc) is 3.09. The highest BCUT2D eigenvalue weighted by molar-refractivity contribution is 6.33. The normalized spacial score (nSPS) is 16.6. The summed E-state index contributed by atoms with van der Waals surface area (Å²) < 4.78 is 44.2. The quantitative estimate of drug-likeness (QED) is 0.676. The van der Waals surface area contributed by atoms with E-state index in [0.717, 1.165) is 24.6 Å². The van der Waals surface area contributed by atoms with Crippen LogP contribution in [0.15, 0.2) is 42.5 Å². The molecule has 0 unspecified atom stereocenters. The van der Waals surface area contributed by atoms with E-state index < -0.39 is 23.6 Å². The number of amides is 2. The predicted octanol–water partition coefficient (Wildman–Crippen LogP) is 5.14. The zero-order valence-electron chi connectivity index (χ0n) is 16.1. The van der Waals surface area contributed by atoms with Gasteiger partial charge in [-0.15, -0.1) is 0 Å². The molecule has 0 saturated carbocycles. The number of rotatable bonds is 6. The lowest BCUT2D eigenvalue weighted by Crippen LogP contribution is -2.28.